The quantitative estimate of drug-likeness (QED) is 0.0211. The third-order valence-electron chi connectivity index (χ3n) is 13.4. The first-order valence-electron chi connectivity index (χ1n) is 31.1. The fraction of sp³-hybridized carbons (Fsp3) is 0.773. The van der Waals surface area contributed by atoms with Crippen molar-refractivity contribution in [3.05, 3.63) is 72.9 Å². The van der Waals surface area contributed by atoms with Crippen molar-refractivity contribution in [3.63, 3.8) is 0 Å². The largest absolute Gasteiger partial charge is 0.477 e. The highest BCUT2D eigenvalue weighted by Gasteiger charge is 2.25. The summed E-state index contributed by atoms with van der Waals surface area (Å²) in [5.41, 5.74) is 0. The molecule has 0 saturated carbocycles. The number of hydrogen-bond acceptors (Lipinski definition) is 7. The first kappa shape index (κ1) is 71.7. The number of unbranched alkanes of at least 4 members (excludes halogenated alkanes) is 30. The molecule has 2 atom stereocenters. The van der Waals surface area contributed by atoms with Gasteiger partial charge in [0.15, 0.2) is 6.10 Å². The molecule has 0 heterocycles. The summed E-state index contributed by atoms with van der Waals surface area (Å²) in [4.78, 5) is 37.5. The van der Waals surface area contributed by atoms with Gasteiger partial charge in [-0.05, 0) is 89.9 Å². The van der Waals surface area contributed by atoms with Crippen LogP contribution in [-0.2, 0) is 33.3 Å². The second-order valence-electron chi connectivity index (χ2n) is 22.0. The van der Waals surface area contributed by atoms with Crippen molar-refractivity contribution >= 4 is 17.9 Å². The van der Waals surface area contributed by atoms with Crippen molar-refractivity contribution < 1.29 is 42.9 Å². The third-order valence-corrected chi connectivity index (χ3v) is 13.4. The van der Waals surface area contributed by atoms with Crippen LogP contribution < -0.4 is 0 Å². The molecule has 0 aromatic carbocycles. The number of nitrogens with zero attached hydrogens (tertiary/aromatic N) is 1. The Morgan fingerprint density at radius 3 is 1.07 bits per heavy atom. The van der Waals surface area contributed by atoms with Crippen LogP contribution in [0.3, 0.4) is 0 Å². The molecule has 0 amide bonds. The van der Waals surface area contributed by atoms with Gasteiger partial charge in [0, 0.05) is 12.8 Å². The van der Waals surface area contributed by atoms with Crippen LogP contribution in [-0.4, -0.2) is 87.4 Å². The molecule has 0 saturated heterocycles. The number of carboxylic acids is 1. The van der Waals surface area contributed by atoms with Crippen LogP contribution in [0.25, 0.3) is 0 Å². The highest BCUT2D eigenvalue weighted by Crippen LogP contribution is 2.16. The first-order valence-corrected chi connectivity index (χ1v) is 31.1. The van der Waals surface area contributed by atoms with Crippen LogP contribution in [0.2, 0.25) is 0 Å². The molecule has 9 nitrogen and oxygen atoms in total. The number of quaternary nitrogens is 1. The molecule has 75 heavy (non-hydrogen) atoms. The van der Waals surface area contributed by atoms with Gasteiger partial charge >= 0.3 is 17.9 Å². The molecule has 0 rings (SSSR count). The summed E-state index contributed by atoms with van der Waals surface area (Å²) >= 11 is 0. The summed E-state index contributed by atoms with van der Waals surface area (Å²) in [7, 11) is 5.97. The molecule has 0 spiro atoms. The number of ether oxygens (including phenoxy) is 4. The first-order chi connectivity index (χ1) is 36.6. The highest BCUT2D eigenvalue weighted by atomic mass is 16.7. The molecule has 1 N–H and O–H groups in total. The zero-order chi connectivity index (χ0) is 54.8. The molecule has 0 aromatic rings. The fourth-order valence-corrected chi connectivity index (χ4v) is 8.62. The van der Waals surface area contributed by atoms with E-state index < -0.39 is 24.3 Å². The number of esters is 2. The fourth-order valence-electron chi connectivity index (χ4n) is 8.62. The number of rotatable bonds is 57. The smallest absolute Gasteiger partial charge is 0.361 e. The molecule has 9 heteroatoms. The Morgan fingerprint density at radius 2 is 0.720 bits per heavy atom. The average molecular weight is 1050 g/mol. The third kappa shape index (κ3) is 58.3. The Kier molecular flexibility index (Phi) is 54.4. The monoisotopic (exact) mass is 1050 g/mol. The van der Waals surface area contributed by atoms with E-state index in [4.69, 9.17) is 18.9 Å². The molecule has 0 aliphatic rings. The van der Waals surface area contributed by atoms with Gasteiger partial charge in [-0.2, -0.15) is 0 Å². The number of carbonyl (C=O) groups excluding carboxylic acids is 2. The maximum absolute atomic E-state index is 12.9. The summed E-state index contributed by atoms with van der Waals surface area (Å²) in [6.45, 7) is 4.86. The zero-order valence-electron chi connectivity index (χ0n) is 49.4. The Hall–Kier alpha value is -3.27. The van der Waals surface area contributed by atoms with E-state index >= 15 is 0 Å². The van der Waals surface area contributed by atoms with Gasteiger partial charge in [0.25, 0.3) is 6.29 Å². The minimum atomic E-state index is -1.52. The molecule has 434 valence electrons. The molecule has 0 aromatic heterocycles. The normalized spacial score (nSPS) is 13.2. The SMILES string of the molecule is CCCCCCC/C=C\C/C=C\C/C=C\CCCCCCCCCCCCC(=O)OCC(COC(OCC[N+](C)(C)C)C(=O)O)OC(=O)CCCCCCCCCCCC/C=C\C/C=C\C/C=C\CCCCCCC. The summed E-state index contributed by atoms with van der Waals surface area (Å²) < 4.78 is 22.9. The van der Waals surface area contributed by atoms with Crippen LogP contribution in [0.1, 0.15) is 271 Å². The lowest BCUT2D eigenvalue weighted by Gasteiger charge is -2.25. The highest BCUT2D eigenvalue weighted by molar-refractivity contribution is 5.71. The van der Waals surface area contributed by atoms with Crippen LogP contribution in [0, 0.1) is 0 Å². The van der Waals surface area contributed by atoms with Gasteiger partial charge in [-0.25, -0.2) is 4.79 Å². The maximum Gasteiger partial charge on any atom is 0.361 e. The molecule has 0 bridgehead atoms. The van der Waals surface area contributed by atoms with Gasteiger partial charge in [-0.15, -0.1) is 0 Å². The number of likely N-dealkylation sites (N-methyl/N-ethyl adjacent to an activating group) is 1. The Morgan fingerprint density at radius 1 is 0.400 bits per heavy atom. The minimum Gasteiger partial charge on any atom is -0.477 e. The number of carboxylic acid groups (broad SMARTS) is 1. The summed E-state index contributed by atoms with van der Waals surface area (Å²) in [6.07, 6.45) is 71.2. The number of carbonyl (C=O) groups is 3. The summed E-state index contributed by atoms with van der Waals surface area (Å²) in [5, 5.41) is 9.72. The predicted molar refractivity (Wildman–Crippen MR) is 318 cm³/mol. The van der Waals surface area contributed by atoms with E-state index in [1.807, 2.05) is 21.1 Å². The van der Waals surface area contributed by atoms with E-state index in [2.05, 4.69) is 86.8 Å². The average Bonchev–Trinajstić information content (AvgIpc) is 3.38. The van der Waals surface area contributed by atoms with Gasteiger partial charge < -0.3 is 28.5 Å². The van der Waals surface area contributed by atoms with Crippen LogP contribution >= 0.6 is 0 Å². The van der Waals surface area contributed by atoms with Crippen molar-refractivity contribution in [2.45, 2.75) is 283 Å². The molecular weight excluding hydrogens is 935 g/mol. The van der Waals surface area contributed by atoms with Crippen LogP contribution in [0.5, 0.6) is 0 Å². The van der Waals surface area contributed by atoms with E-state index in [1.165, 1.54) is 173 Å². The minimum absolute atomic E-state index is 0.184. The topological polar surface area (TPSA) is 108 Å². The Bertz CT molecular complexity index is 1460. The lowest BCUT2D eigenvalue weighted by molar-refractivity contribution is -0.870. The standard InChI is InChI=1S/C66H117NO8/c1-6-8-10-12-14-16-18-20-22-24-26-28-30-32-34-36-38-40-42-44-46-48-50-52-54-56-63(68)73-60-62(61-74-66(65(70)71)72-59-58-67(3,4)5)75-64(69)57-55-53-51-49-47-45-43-41-39-37-35-33-31-29-27-25-23-21-19-17-15-13-11-9-7-2/h18-21,24-27,30-33,62,66H,6-17,22-23,28-29,34-61H2,1-5H3/p+1/b20-18-,21-19-,26-24-,27-25-,32-30-,33-31-. The molecular formula is C66H118NO8+. The van der Waals surface area contributed by atoms with Crippen molar-refractivity contribution in [1.82, 2.24) is 0 Å². The van der Waals surface area contributed by atoms with Crippen molar-refractivity contribution in [3.8, 4) is 0 Å². The van der Waals surface area contributed by atoms with Crippen molar-refractivity contribution in [2.75, 3.05) is 47.5 Å². The van der Waals surface area contributed by atoms with E-state index in [1.54, 1.807) is 0 Å². The van der Waals surface area contributed by atoms with Crippen LogP contribution in [0.4, 0.5) is 0 Å². The van der Waals surface area contributed by atoms with Gasteiger partial charge in [-0.3, -0.25) is 9.59 Å². The maximum atomic E-state index is 12.9. The van der Waals surface area contributed by atoms with Crippen molar-refractivity contribution in [1.29, 1.82) is 0 Å². The van der Waals surface area contributed by atoms with E-state index in [9.17, 15) is 19.5 Å². The molecule has 0 aliphatic carbocycles. The van der Waals surface area contributed by atoms with Gasteiger partial charge in [0.1, 0.15) is 13.2 Å². The second kappa shape index (κ2) is 56.9. The second-order valence-corrected chi connectivity index (χ2v) is 22.0. The molecule has 0 aliphatic heterocycles. The van der Waals surface area contributed by atoms with E-state index in [0.717, 1.165) is 64.2 Å². The Balaban J connectivity index is 4.24. The van der Waals surface area contributed by atoms with E-state index in [-0.39, 0.29) is 32.2 Å². The number of aliphatic carboxylic acids is 1. The van der Waals surface area contributed by atoms with Gasteiger partial charge in [0.05, 0.1) is 34.4 Å². The number of allylic oxidation sites excluding steroid dienone is 12. The Labute approximate surface area is 462 Å². The zero-order valence-corrected chi connectivity index (χ0v) is 49.4. The van der Waals surface area contributed by atoms with E-state index in [0.29, 0.717) is 23.9 Å². The summed E-state index contributed by atoms with van der Waals surface area (Å²) in [6, 6.07) is 0. The molecule has 0 radical (unpaired) electrons. The van der Waals surface area contributed by atoms with Crippen LogP contribution in [0.15, 0.2) is 72.9 Å². The molecule has 2 unspecified atom stereocenters. The summed E-state index contributed by atoms with van der Waals surface area (Å²) in [5.74, 6) is -2.01. The molecule has 0 fully saturated rings. The van der Waals surface area contributed by atoms with Gasteiger partial charge in [-0.1, -0.05) is 241 Å². The lowest BCUT2D eigenvalue weighted by atomic mass is 10.0. The van der Waals surface area contributed by atoms with Gasteiger partial charge in [0.2, 0.25) is 0 Å². The number of hydrogen-bond donors (Lipinski definition) is 1. The van der Waals surface area contributed by atoms with Crippen molar-refractivity contribution in [2.24, 2.45) is 0 Å². The predicted octanol–water partition coefficient (Wildman–Crippen LogP) is 18.6. The lowest BCUT2D eigenvalue weighted by Crippen LogP contribution is -2.40.